The van der Waals surface area contributed by atoms with E-state index in [1.165, 1.54) is 0 Å². The zero-order chi connectivity index (χ0) is 15.9. The highest BCUT2D eigenvalue weighted by Gasteiger charge is 2.28. The lowest BCUT2D eigenvalue weighted by molar-refractivity contribution is -0.135. The van der Waals surface area contributed by atoms with Gasteiger partial charge in [-0.15, -0.1) is 0 Å². The number of benzene rings is 1. The van der Waals surface area contributed by atoms with Gasteiger partial charge < -0.3 is 20.1 Å². The van der Waals surface area contributed by atoms with E-state index in [0.717, 1.165) is 19.4 Å². The Morgan fingerprint density at radius 2 is 2.09 bits per heavy atom. The number of nitrogens with two attached hydrogens (primary N) is 1. The van der Waals surface area contributed by atoms with Crippen molar-refractivity contribution in [2.24, 2.45) is 11.7 Å². The summed E-state index contributed by atoms with van der Waals surface area (Å²) < 4.78 is 10.9. The van der Waals surface area contributed by atoms with Crippen molar-refractivity contribution in [3.8, 4) is 11.5 Å². The summed E-state index contributed by atoms with van der Waals surface area (Å²) in [5.41, 5.74) is 5.81. The zero-order valence-electron chi connectivity index (χ0n) is 13.5. The van der Waals surface area contributed by atoms with Crippen LogP contribution in [0.5, 0.6) is 11.5 Å². The molecule has 0 radical (unpaired) electrons. The first-order valence-corrected chi connectivity index (χ1v) is 7.91. The molecule has 2 N–H and O–H groups in total. The van der Waals surface area contributed by atoms with E-state index in [2.05, 4.69) is 6.92 Å². The second-order valence-corrected chi connectivity index (χ2v) is 5.86. The highest BCUT2D eigenvalue weighted by atomic mass is 16.5. The SMILES string of the molecule is COc1ccccc1OCCC(=O)N1CCC(C)CC1CN. The van der Waals surface area contributed by atoms with Gasteiger partial charge in [-0.1, -0.05) is 19.1 Å². The standard InChI is InChI=1S/C17H26N2O3/c1-13-7-9-19(14(11-13)12-18)17(20)8-10-22-16-6-4-3-5-15(16)21-2/h3-6,13-14H,7-12,18H2,1-2H3. The van der Waals surface area contributed by atoms with Crippen LogP contribution in [0.4, 0.5) is 0 Å². The van der Waals surface area contributed by atoms with Gasteiger partial charge in [0.2, 0.25) is 5.91 Å². The van der Waals surface area contributed by atoms with E-state index in [1.54, 1.807) is 7.11 Å². The summed E-state index contributed by atoms with van der Waals surface area (Å²) in [5.74, 6) is 2.11. The van der Waals surface area contributed by atoms with E-state index >= 15 is 0 Å². The molecule has 1 saturated heterocycles. The third kappa shape index (κ3) is 4.13. The summed E-state index contributed by atoms with van der Waals surface area (Å²) in [6, 6.07) is 7.62. The molecule has 1 heterocycles. The minimum atomic E-state index is 0.122. The number of likely N-dealkylation sites (tertiary alicyclic amines) is 1. The van der Waals surface area contributed by atoms with Crippen molar-refractivity contribution in [3.63, 3.8) is 0 Å². The van der Waals surface area contributed by atoms with Crippen molar-refractivity contribution in [2.75, 3.05) is 26.8 Å². The first-order chi connectivity index (χ1) is 10.7. The minimum absolute atomic E-state index is 0.122. The Morgan fingerprint density at radius 3 is 2.77 bits per heavy atom. The molecule has 2 atom stereocenters. The number of ether oxygens (including phenoxy) is 2. The van der Waals surface area contributed by atoms with Crippen LogP contribution in [-0.4, -0.2) is 43.7 Å². The van der Waals surface area contributed by atoms with E-state index in [-0.39, 0.29) is 11.9 Å². The predicted molar refractivity (Wildman–Crippen MR) is 86.1 cm³/mol. The highest BCUT2D eigenvalue weighted by molar-refractivity contribution is 5.76. The first-order valence-electron chi connectivity index (χ1n) is 7.91. The summed E-state index contributed by atoms with van der Waals surface area (Å²) in [5, 5.41) is 0. The number of hydrogen-bond donors (Lipinski definition) is 1. The van der Waals surface area contributed by atoms with Gasteiger partial charge in [0.1, 0.15) is 0 Å². The van der Waals surface area contributed by atoms with Crippen LogP contribution in [0.1, 0.15) is 26.2 Å². The van der Waals surface area contributed by atoms with Crippen LogP contribution in [0.3, 0.4) is 0 Å². The fourth-order valence-electron chi connectivity index (χ4n) is 2.93. The number of nitrogens with zero attached hydrogens (tertiary/aromatic N) is 1. The maximum atomic E-state index is 12.4. The summed E-state index contributed by atoms with van der Waals surface area (Å²) in [7, 11) is 1.61. The van der Waals surface area contributed by atoms with Crippen molar-refractivity contribution in [1.29, 1.82) is 0 Å². The van der Waals surface area contributed by atoms with Crippen LogP contribution in [0, 0.1) is 5.92 Å². The Hall–Kier alpha value is -1.75. The molecule has 1 fully saturated rings. The summed E-state index contributed by atoms with van der Waals surface area (Å²) in [4.78, 5) is 14.3. The van der Waals surface area contributed by atoms with Crippen LogP contribution in [0.15, 0.2) is 24.3 Å². The second kappa shape index (κ2) is 8.03. The van der Waals surface area contributed by atoms with Gasteiger partial charge in [-0.2, -0.15) is 0 Å². The maximum Gasteiger partial charge on any atom is 0.226 e. The topological polar surface area (TPSA) is 64.8 Å². The fraction of sp³-hybridized carbons (Fsp3) is 0.588. The third-order valence-electron chi connectivity index (χ3n) is 4.21. The quantitative estimate of drug-likeness (QED) is 0.873. The number of methoxy groups -OCH3 is 1. The highest BCUT2D eigenvalue weighted by Crippen LogP contribution is 2.26. The predicted octanol–water partition coefficient (Wildman–Crippen LogP) is 2.05. The molecule has 1 aromatic carbocycles. The fourth-order valence-corrected chi connectivity index (χ4v) is 2.93. The van der Waals surface area contributed by atoms with Crippen molar-refractivity contribution in [1.82, 2.24) is 4.90 Å². The average molecular weight is 306 g/mol. The smallest absolute Gasteiger partial charge is 0.226 e. The average Bonchev–Trinajstić information content (AvgIpc) is 2.54. The number of amides is 1. The molecule has 0 spiro atoms. The number of hydrogen-bond acceptors (Lipinski definition) is 4. The van der Waals surface area contributed by atoms with E-state index in [1.807, 2.05) is 29.2 Å². The molecule has 22 heavy (non-hydrogen) atoms. The molecule has 1 aliphatic rings. The molecule has 0 aromatic heterocycles. The van der Waals surface area contributed by atoms with Gasteiger partial charge in [-0.25, -0.2) is 0 Å². The summed E-state index contributed by atoms with van der Waals surface area (Å²) in [6.07, 6.45) is 2.41. The minimum Gasteiger partial charge on any atom is -0.493 e. The van der Waals surface area contributed by atoms with Crippen LogP contribution in [0.25, 0.3) is 0 Å². The van der Waals surface area contributed by atoms with E-state index in [0.29, 0.717) is 37.0 Å². The molecule has 0 saturated carbocycles. The monoisotopic (exact) mass is 306 g/mol. The van der Waals surface area contributed by atoms with Crippen molar-refractivity contribution in [2.45, 2.75) is 32.2 Å². The zero-order valence-corrected chi connectivity index (χ0v) is 13.5. The lowest BCUT2D eigenvalue weighted by Gasteiger charge is -2.38. The lowest BCUT2D eigenvalue weighted by Crippen LogP contribution is -2.49. The number of piperidine rings is 1. The molecule has 5 heteroatoms. The van der Waals surface area contributed by atoms with Gasteiger partial charge in [-0.05, 0) is 30.9 Å². The van der Waals surface area contributed by atoms with E-state index in [9.17, 15) is 4.79 Å². The molecular weight excluding hydrogens is 280 g/mol. The first kappa shape index (κ1) is 16.6. The molecule has 122 valence electrons. The Kier molecular flexibility index (Phi) is 6.07. The second-order valence-electron chi connectivity index (χ2n) is 5.86. The normalized spacial score (nSPS) is 21.5. The van der Waals surface area contributed by atoms with Crippen molar-refractivity contribution in [3.05, 3.63) is 24.3 Å². The number of carbonyl (C=O) groups excluding carboxylic acids is 1. The molecule has 2 rings (SSSR count). The Labute approximate surface area is 132 Å². The van der Waals surface area contributed by atoms with Crippen LogP contribution >= 0.6 is 0 Å². The lowest BCUT2D eigenvalue weighted by atomic mass is 9.92. The number of para-hydroxylation sites is 2. The Morgan fingerprint density at radius 1 is 1.36 bits per heavy atom. The van der Waals surface area contributed by atoms with Gasteiger partial charge in [0.05, 0.1) is 20.1 Å². The maximum absolute atomic E-state index is 12.4. The summed E-state index contributed by atoms with van der Waals surface area (Å²) in [6.45, 7) is 3.90. The molecule has 1 aliphatic heterocycles. The Bertz CT molecular complexity index is 493. The van der Waals surface area contributed by atoms with Gasteiger partial charge in [0.15, 0.2) is 11.5 Å². The molecular formula is C17H26N2O3. The third-order valence-corrected chi connectivity index (χ3v) is 4.21. The van der Waals surface area contributed by atoms with E-state index in [4.69, 9.17) is 15.2 Å². The van der Waals surface area contributed by atoms with Crippen LogP contribution in [0.2, 0.25) is 0 Å². The summed E-state index contributed by atoms with van der Waals surface area (Å²) >= 11 is 0. The Balaban J connectivity index is 1.84. The van der Waals surface area contributed by atoms with Crippen molar-refractivity contribution < 1.29 is 14.3 Å². The molecule has 0 bridgehead atoms. The van der Waals surface area contributed by atoms with Gasteiger partial charge in [-0.3, -0.25) is 4.79 Å². The number of carbonyl (C=O) groups is 1. The van der Waals surface area contributed by atoms with Crippen LogP contribution < -0.4 is 15.2 Å². The molecule has 2 unspecified atom stereocenters. The molecule has 1 aromatic rings. The van der Waals surface area contributed by atoms with Gasteiger partial charge in [0, 0.05) is 19.1 Å². The van der Waals surface area contributed by atoms with Gasteiger partial charge >= 0.3 is 0 Å². The molecule has 1 amide bonds. The van der Waals surface area contributed by atoms with Crippen LogP contribution in [-0.2, 0) is 4.79 Å². The largest absolute Gasteiger partial charge is 0.493 e. The van der Waals surface area contributed by atoms with Gasteiger partial charge in [0.25, 0.3) is 0 Å². The molecule has 5 nitrogen and oxygen atoms in total. The van der Waals surface area contributed by atoms with E-state index < -0.39 is 0 Å². The van der Waals surface area contributed by atoms with Crippen molar-refractivity contribution >= 4 is 5.91 Å². The molecule has 0 aliphatic carbocycles. The number of rotatable bonds is 6.